The molecule has 1 aromatic heterocycles. The highest BCUT2D eigenvalue weighted by Gasteiger charge is 2.04. The lowest BCUT2D eigenvalue weighted by Crippen LogP contribution is -2.09. The van der Waals surface area contributed by atoms with E-state index >= 15 is 0 Å². The van der Waals surface area contributed by atoms with Gasteiger partial charge in [-0.3, -0.25) is 9.00 Å². The molecule has 0 unspecified atom stereocenters. The molecule has 1 heterocycles. The molecule has 122 valence electrons. The van der Waals surface area contributed by atoms with Crippen LogP contribution in [-0.2, 0) is 26.1 Å². The molecule has 1 amide bonds. The van der Waals surface area contributed by atoms with Gasteiger partial charge in [0.1, 0.15) is 0 Å². The number of amides is 1. The maximum Gasteiger partial charge on any atom is 0.248 e. The molecule has 6 heteroatoms. The van der Waals surface area contributed by atoms with Crippen LogP contribution in [0.5, 0.6) is 0 Å². The van der Waals surface area contributed by atoms with Gasteiger partial charge in [0.15, 0.2) is 0 Å². The highest BCUT2D eigenvalue weighted by atomic mass is 32.2. The summed E-state index contributed by atoms with van der Waals surface area (Å²) in [7, 11) is 0.628. The van der Waals surface area contributed by atoms with Crippen molar-refractivity contribution in [1.29, 1.82) is 0 Å². The Hall–Kier alpha value is -1.76. The van der Waals surface area contributed by atoms with Crippen LogP contribution in [0.25, 0.3) is 6.08 Å². The number of methoxy groups -OCH3 is 1. The van der Waals surface area contributed by atoms with Crippen molar-refractivity contribution in [3.8, 4) is 0 Å². The van der Waals surface area contributed by atoms with Gasteiger partial charge in [0.25, 0.3) is 0 Å². The molecule has 2 aromatic rings. The van der Waals surface area contributed by atoms with Gasteiger partial charge in [-0.2, -0.15) is 11.3 Å². The quantitative estimate of drug-likeness (QED) is 0.744. The predicted octanol–water partition coefficient (Wildman–Crippen LogP) is 3.30. The average Bonchev–Trinajstić information content (AvgIpc) is 3.05. The zero-order chi connectivity index (χ0) is 16.5. The summed E-state index contributed by atoms with van der Waals surface area (Å²) in [6, 6.07) is 9.37. The van der Waals surface area contributed by atoms with Gasteiger partial charge >= 0.3 is 0 Å². The summed E-state index contributed by atoms with van der Waals surface area (Å²) >= 11 is 1.59. The zero-order valence-electron chi connectivity index (χ0n) is 12.9. The second-order valence-corrected chi connectivity index (χ2v) is 7.22. The lowest BCUT2D eigenvalue weighted by atomic mass is 10.2. The number of carbonyl (C=O) groups excluding carboxylic acids is 1. The van der Waals surface area contributed by atoms with Crippen LogP contribution in [-0.4, -0.2) is 29.6 Å². The summed E-state index contributed by atoms with van der Waals surface area (Å²) in [4.78, 5) is 11.9. The smallest absolute Gasteiger partial charge is 0.248 e. The van der Waals surface area contributed by atoms with Crippen LogP contribution in [0.2, 0.25) is 0 Å². The highest BCUT2D eigenvalue weighted by molar-refractivity contribution is 7.84. The zero-order valence-corrected chi connectivity index (χ0v) is 14.5. The fourth-order valence-electron chi connectivity index (χ4n) is 1.90. The maximum absolute atomic E-state index is 11.9. The number of carbonyl (C=O) groups is 1. The Kier molecular flexibility index (Phi) is 7.19. The van der Waals surface area contributed by atoms with Crippen molar-refractivity contribution in [2.45, 2.75) is 5.75 Å². The Balaban J connectivity index is 1.91. The Morgan fingerprint density at radius 2 is 2.26 bits per heavy atom. The third-order valence-corrected chi connectivity index (χ3v) is 4.99. The van der Waals surface area contributed by atoms with Gasteiger partial charge in [-0.15, -0.1) is 0 Å². The van der Waals surface area contributed by atoms with E-state index in [4.69, 9.17) is 4.74 Å². The van der Waals surface area contributed by atoms with Crippen LogP contribution in [0.1, 0.15) is 11.1 Å². The highest BCUT2D eigenvalue weighted by Crippen LogP contribution is 2.13. The molecule has 0 radical (unpaired) electrons. The first-order valence-corrected chi connectivity index (χ1v) is 9.54. The van der Waals surface area contributed by atoms with Gasteiger partial charge in [0.2, 0.25) is 5.91 Å². The fraction of sp³-hybridized carbons (Fsp3) is 0.235. The molecule has 1 atom stereocenters. The summed E-state index contributed by atoms with van der Waals surface area (Å²) in [5, 5.41) is 6.75. The Labute approximate surface area is 142 Å². The number of hydrogen-bond acceptors (Lipinski definition) is 4. The van der Waals surface area contributed by atoms with Gasteiger partial charge in [0.05, 0.1) is 6.61 Å². The molecule has 0 aliphatic rings. The van der Waals surface area contributed by atoms with Crippen molar-refractivity contribution in [3.63, 3.8) is 0 Å². The Morgan fingerprint density at radius 1 is 1.39 bits per heavy atom. The summed E-state index contributed by atoms with van der Waals surface area (Å²) in [6.45, 7) is 0.483. The number of rotatable bonds is 8. The molecule has 0 saturated carbocycles. The third kappa shape index (κ3) is 6.48. The van der Waals surface area contributed by atoms with Crippen molar-refractivity contribution in [2.75, 3.05) is 24.8 Å². The molecule has 0 bridgehead atoms. The molecule has 23 heavy (non-hydrogen) atoms. The number of benzene rings is 1. The van der Waals surface area contributed by atoms with Gasteiger partial charge in [0, 0.05) is 41.2 Å². The van der Waals surface area contributed by atoms with Crippen molar-refractivity contribution >= 4 is 39.8 Å². The molecule has 2 rings (SSSR count). The van der Waals surface area contributed by atoms with E-state index in [2.05, 4.69) is 5.32 Å². The minimum absolute atomic E-state index is 0.186. The van der Waals surface area contributed by atoms with E-state index in [9.17, 15) is 9.00 Å². The van der Waals surface area contributed by atoms with Crippen LogP contribution >= 0.6 is 11.3 Å². The summed E-state index contributed by atoms with van der Waals surface area (Å²) in [5.74, 6) is 0.780. The second-order valence-electron chi connectivity index (χ2n) is 4.86. The molecule has 1 N–H and O–H groups in total. The van der Waals surface area contributed by atoms with Gasteiger partial charge in [-0.1, -0.05) is 12.1 Å². The molecule has 0 spiro atoms. The predicted molar refractivity (Wildman–Crippen MR) is 97.0 cm³/mol. The van der Waals surface area contributed by atoms with E-state index in [0.717, 1.165) is 11.1 Å². The Bertz CT molecular complexity index is 681. The first kappa shape index (κ1) is 17.6. The molecule has 0 fully saturated rings. The van der Waals surface area contributed by atoms with Gasteiger partial charge < -0.3 is 10.1 Å². The first-order valence-electron chi connectivity index (χ1n) is 7.11. The molecule has 1 aromatic carbocycles. The first-order chi connectivity index (χ1) is 11.2. The van der Waals surface area contributed by atoms with Crippen LogP contribution in [0, 0.1) is 0 Å². The molecule has 0 aliphatic heterocycles. The molecule has 0 saturated heterocycles. The van der Waals surface area contributed by atoms with Crippen LogP contribution in [0.3, 0.4) is 0 Å². The van der Waals surface area contributed by atoms with Crippen LogP contribution in [0.4, 0.5) is 5.69 Å². The summed E-state index contributed by atoms with van der Waals surface area (Å²) < 4.78 is 16.8. The summed E-state index contributed by atoms with van der Waals surface area (Å²) in [6.07, 6.45) is 3.28. The third-order valence-electron chi connectivity index (χ3n) is 3.01. The van der Waals surface area contributed by atoms with E-state index in [1.54, 1.807) is 24.5 Å². The minimum Gasteiger partial charge on any atom is -0.384 e. The standard InChI is InChI=1S/C17H19NO3S2/c1-21-8-10-23(20)13-15-3-2-4-16(11-15)18-17(19)6-5-14-7-9-22-12-14/h2-7,9,11-12H,8,10,13H2,1H3,(H,18,19)/b6-5+/t23-/m1/s1. The van der Waals surface area contributed by atoms with Crippen molar-refractivity contribution < 1.29 is 13.7 Å². The number of thiophene rings is 1. The van der Waals surface area contributed by atoms with E-state index in [-0.39, 0.29) is 5.91 Å². The van der Waals surface area contributed by atoms with E-state index < -0.39 is 10.8 Å². The van der Waals surface area contributed by atoms with Gasteiger partial charge in [-0.05, 0) is 46.2 Å². The lowest BCUT2D eigenvalue weighted by molar-refractivity contribution is -0.111. The summed E-state index contributed by atoms with van der Waals surface area (Å²) in [5.41, 5.74) is 2.64. The largest absolute Gasteiger partial charge is 0.384 e. The molecule has 0 aliphatic carbocycles. The molecular weight excluding hydrogens is 330 g/mol. The SMILES string of the molecule is COCC[S@@](=O)Cc1cccc(NC(=O)/C=C/c2ccsc2)c1. The average molecular weight is 349 g/mol. The van der Waals surface area contributed by atoms with Gasteiger partial charge in [-0.25, -0.2) is 0 Å². The van der Waals surface area contributed by atoms with E-state index in [0.29, 0.717) is 23.8 Å². The minimum atomic E-state index is -0.966. The monoisotopic (exact) mass is 349 g/mol. The van der Waals surface area contributed by atoms with E-state index in [1.807, 2.05) is 41.1 Å². The van der Waals surface area contributed by atoms with Crippen LogP contribution < -0.4 is 5.32 Å². The lowest BCUT2D eigenvalue weighted by Gasteiger charge is -2.06. The van der Waals surface area contributed by atoms with Crippen molar-refractivity contribution in [1.82, 2.24) is 0 Å². The maximum atomic E-state index is 11.9. The fourth-order valence-corrected chi connectivity index (χ4v) is 3.58. The van der Waals surface area contributed by atoms with Crippen molar-refractivity contribution in [2.24, 2.45) is 0 Å². The molecule has 4 nitrogen and oxygen atoms in total. The number of anilines is 1. The van der Waals surface area contributed by atoms with Crippen LogP contribution in [0.15, 0.2) is 47.2 Å². The topological polar surface area (TPSA) is 55.4 Å². The number of ether oxygens (including phenoxy) is 1. The number of nitrogens with one attached hydrogen (secondary N) is 1. The normalized spacial score (nSPS) is 12.4. The van der Waals surface area contributed by atoms with Crippen molar-refractivity contribution in [3.05, 3.63) is 58.3 Å². The Morgan fingerprint density at radius 3 is 3.00 bits per heavy atom. The molecular formula is C17H19NO3S2. The number of hydrogen-bond donors (Lipinski definition) is 1. The van der Waals surface area contributed by atoms with E-state index in [1.165, 1.54) is 6.08 Å². The second kappa shape index (κ2) is 9.39.